The number of hydrogen-bond donors (Lipinski definition) is 3. The van der Waals surface area contributed by atoms with Crippen molar-refractivity contribution in [3.8, 4) is 0 Å². The van der Waals surface area contributed by atoms with Gasteiger partial charge < -0.3 is 15.6 Å². The summed E-state index contributed by atoms with van der Waals surface area (Å²) in [6, 6.07) is 1.75. The molecule has 84 valence electrons. The Balaban J connectivity index is 1.96. The van der Waals surface area contributed by atoms with Crippen LogP contribution in [0.1, 0.15) is 21.8 Å². The molecule has 1 amide bonds. The summed E-state index contributed by atoms with van der Waals surface area (Å²) in [6.45, 7) is 2.08. The molecule has 2 rings (SSSR count). The standard InChI is InChI=1S/C9H11N5O2/c1-5-2-6(14-16-5)3-11-9(15)7-4-12-13-8(7)10/h2,4H,3H2,1H3,(H,11,15)(H3,10,12,13). The van der Waals surface area contributed by atoms with Crippen LogP contribution >= 0.6 is 0 Å². The number of nitrogen functional groups attached to an aromatic ring is 1. The molecule has 7 heteroatoms. The van der Waals surface area contributed by atoms with Gasteiger partial charge in [-0.25, -0.2) is 0 Å². The van der Waals surface area contributed by atoms with E-state index in [1.807, 2.05) is 0 Å². The average molecular weight is 221 g/mol. The Bertz CT molecular complexity index is 501. The number of H-pyrrole nitrogens is 1. The summed E-state index contributed by atoms with van der Waals surface area (Å²) >= 11 is 0. The van der Waals surface area contributed by atoms with E-state index < -0.39 is 0 Å². The van der Waals surface area contributed by atoms with Crippen molar-refractivity contribution >= 4 is 11.7 Å². The molecule has 0 fully saturated rings. The maximum atomic E-state index is 11.6. The zero-order chi connectivity index (χ0) is 11.5. The van der Waals surface area contributed by atoms with E-state index in [9.17, 15) is 4.79 Å². The van der Waals surface area contributed by atoms with Crippen molar-refractivity contribution in [2.45, 2.75) is 13.5 Å². The Hall–Kier alpha value is -2.31. The van der Waals surface area contributed by atoms with Crippen molar-refractivity contribution in [3.05, 3.63) is 29.3 Å². The Labute approximate surface area is 91.0 Å². The molecule has 0 spiro atoms. The van der Waals surface area contributed by atoms with Gasteiger partial charge in [0.15, 0.2) is 0 Å². The van der Waals surface area contributed by atoms with Gasteiger partial charge in [0.05, 0.1) is 12.7 Å². The van der Waals surface area contributed by atoms with Crippen LogP contribution < -0.4 is 11.1 Å². The van der Waals surface area contributed by atoms with Gasteiger partial charge in [0.2, 0.25) is 0 Å². The lowest BCUT2D eigenvalue weighted by Gasteiger charge is -2.00. The first-order chi connectivity index (χ1) is 7.66. The van der Waals surface area contributed by atoms with Crippen molar-refractivity contribution in [2.24, 2.45) is 0 Å². The van der Waals surface area contributed by atoms with E-state index in [2.05, 4.69) is 20.7 Å². The van der Waals surface area contributed by atoms with E-state index in [1.54, 1.807) is 13.0 Å². The number of amides is 1. The second kappa shape index (κ2) is 4.05. The first kappa shape index (κ1) is 10.2. The van der Waals surface area contributed by atoms with Gasteiger partial charge in [-0.1, -0.05) is 5.16 Å². The van der Waals surface area contributed by atoms with Gasteiger partial charge in [0.1, 0.15) is 22.8 Å². The summed E-state index contributed by atoms with van der Waals surface area (Å²) in [5, 5.41) is 12.5. The molecule has 0 aliphatic rings. The van der Waals surface area contributed by atoms with E-state index in [0.29, 0.717) is 23.6 Å². The van der Waals surface area contributed by atoms with Crippen LogP contribution in [-0.2, 0) is 6.54 Å². The van der Waals surface area contributed by atoms with Crippen LogP contribution in [0.3, 0.4) is 0 Å². The maximum Gasteiger partial charge on any atom is 0.256 e. The number of aromatic nitrogens is 3. The van der Waals surface area contributed by atoms with Crippen LogP contribution in [0, 0.1) is 6.92 Å². The third-order valence-electron chi connectivity index (χ3n) is 2.02. The highest BCUT2D eigenvalue weighted by Gasteiger charge is 2.11. The molecule has 0 aromatic carbocycles. The van der Waals surface area contributed by atoms with Crippen molar-refractivity contribution in [2.75, 3.05) is 5.73 Å². The predicted octanol–water partition coefficient (Wildman–Crippen LogP) is 0.218. The molecule has 0 aliphatic heterocycles. The molecule has 0 unspecified atom stereocenters. The lowest BCUT2D eigenvalue weighted by molar-refractivity contribution is 0.0951. The highest BCUT2D eigenvalue weighted by atomic mass is 16.5. The molecule has 2 heterocycles. The zero-order valence-corrected chi connectivity index (χ0v) is 8.65. The van der Waals surface area contributed by atoms with Crippen LogP contribution in [0.4, 0.5) is 5.82 Å². The van der Waals surface area contributed by atoms with Gasteiger partial charge in [-0.15, -0.1) is 0 Å². The topological polar surface area (TPSA) is 110 Å². The van der Waals surface area contributed by atoms with Crippen LogP contribution in [0.5, 0.6) is 0 Å². The van der Waals surface area contributed by atoms with Crippen LogP contribution in [0.2, 0.25) is 0 Å². The second-order valence-electron chi connectivity index (χ2n) is 3.31. The summed E-state index contributed by atoms with van der Waals surface area (Å²) in [7, 11) is 0. The second-order valence-corrected chi connectivity index (χ2v) is 3.31. The highest BCUT2D eigenvalue weighted by molar-refractivity contribution is 5.97. The van der Waals surface area contributed by atoms with Crippen LogP contribution in [-0.4, -0.2) is 21.3 Å². The maximum absolute atomic E-state index is 11.6. The Morgan fingerprint density at radius 2 is 2.50 bits per heavy atom. The molecular weight excluding hydrogens is 210 g/mol. The Morgan fingerprint density at radius 1 is 1.69 bits per heavy atom. The van der Waals surface area contributed by atoms with Gasteiger partial charge in [-0.2, -0.15) is 5.10 Å². The van der Waals surface area contributed by atoms with Crippen molar-refractivity contribution in [1.29, 1.82) is 0 Å². The fourth-order valence-electron chi connectivity index (χ4n) is 1.24. The molecule has 7 nitrogen and oxygen atoms in total. The minimum atomic E-state index is -0.299. The third-order valence-corrected chi connectivity index (χ3v) is 2.02. The van der Waals surface area contributed by atoms with Gasteiger partial charge >= 0.3 is 0 Å². The van der Waals surface area contributed by atoms with Gasteiger partial charge in [0.25, 0.3) is 5.91 Å². The Morgan fingerprint density at radius 3 is 3.06 bits per heavy atom. The van der Waals surface area contributed by atoms with E-state index in [0.717, 1.165) is 0 Å². The predicted molar refractivity (Wildman–Crippen MR) is 55.4 cm³/mol. The summed E-state index contributed by atoms with van der Waals surface area (Å²) in [5.41, 5.74) is 6.48. The number of anilines is 1. The summed E-state index contributed by atoms with van der Waals surface area (Å²) < 4.78 is 4.87. The molecule has 16 heavy (non-hydrogen) atoms. The van der Waals surface area contributed by atoms with E-state index in [4.69, 9.17) is 10.3 Å². The number of nitrogens with zero attached hydrogens (tertiary/aromatic N) is 2. The van der Waals surface area contributed by atoms with E-state index in [1.165, 1.54) is 6.20 Å². The SMILES string of the molecule is Cc1cc(CNC(=O)c2cn[nH]c2N)no1. The lowest BCUT2D eigenvalue weighted by atomic mass is 10.3. The molecular formula is C9H11N5O2. The summed E-state index contributed by atoms with van der Waals surface area (Å²) in [4.78, 5) is 11.6. The molecule has 0 saturated heterocycles. The Kier molecular flexibility index (Phi) is 2.59. The smallest absolute Gasteiger partial charge is 0.256 e. The molecule has 0 atom stereocenters. The molecule has 0 bridgehead atoms. The zero-order valence-electron chi connectivity index (χ0n) is 8.65. The molecule has 2 aromatic rings. The molecule has 0 saturated carbocycles. The summed E-state index contributed by atoms with van der Waals surface area (Å²) in [6.07, 6.45) is 1.37. The highest BCUT2D eigenvalue weighted by Crippen LogP contribution is 2.06. The van der Waals surface area contributed by atoms with Gasteiger partial charge in [0, 0.05) is 6.07 Å². The average Bonchev–Trinajstić information content (AvgIpc) is 2.84. The largest absolute Gasteiger partial charge is 0.383 e. The fourth-order valence-corrected chi connectivity index (χ4v) is 1.24. The van der Waals surface area contributed by atoms with E-state index in [-0.39, 0.29) is 11.7 Å². The normalized spacial score (nSPS) is 10.3. The molecule has 0 aliphatic carbocycles. The van der Waals surface area contributed by atoms with Crippen molar-refractivity contribution in [3.63, 3.8) is 0 Å². The number of hydrogen-bond acceptors (Lipinski definition) is 5. The number of carbonyl (C=O) groups is 1. The first-order valence-electron chi connectivity index (χ1n) is 4.66. The molecule has 2 aromatic heterocycles. The van der Waals surface area contributed by atoms with Gasteiger partial charge in [-0.3, -0.25) is 9.89 Å². The third kappa shape index (κ3) is 2.02. The van der Waals surface area contributed by atoms with Gasteiger partial charge in [-0.05, 0) is 6.92 Å². The number of aryl methyl sites for hydroxylation is 1. The lowest BCUT2D eigenvalue weighted by Crippen LogP contribution is -2.23. The monoisotopic (exact) mass is 221 g/mol. The molecule has 4 N–H and O–H groups in total. The first-order valence-corrected chi connectivity index (χ1v) is 4.66. The van der Waals surface area contributed by atoms with Crippen LogP contribution in [0.25, 0.3) is 0 Å². The number of nitrogens with two attached hydrogens (primary N) is 1. The number of carbonyl (C=O) groups excluding carboxylic acids is 1. The van der Waals surface area contributed by atoms with Crippen molar-refractivity contribution < 1.29 is 9.32 Å². The molecule has 0 radical (unpaired) electrons. The van der Waals surface area contributed by atoms with E-state index >= 15 is 0 Å². The number of aromatic amines is 1. The minimum absolute atomic E-state index is 0.244. The van der Waals surface area contributed by atoms with Crippen molar-refractivity contribution in [1.82, 2.24) is 20.7 Å². The number of rotatable bonds is 3. The minimum Gasteiger partial charge on any atom is -0.383 e. The fraction of sp³-hybridized carbons (Fsp3) is 0.222. The van der Waals surface area contributed by atoms with Crippen LogP contribution in [0.15, 0.2) is 16.8 Å². The quantitative estimate of drug-likeness (QED) is 0.686. The number of nitrogens with one attached hydrogen (secondary N) is 2. The summed E-state index contributed by atoms with van der Waals surface area (Å²) in [5.74, 6) is 0.646.